The molecule has 1 amide bonds. The predicted molar refractivity (Wildman–Crippen MR) is 125 cm³/mol. The number of pyridine rings is 1. The van der Waals surface area contributed by atoms with E-state index < -0.39 is 0 Å². The number of rotatable bonds is 6. The fourth-order valence-corrected chi connectivity index (χ4v) is 3.56. The van der Waals surface area contributed by atoms with Crippen molar-refractivity contribution in [3.63, 3.8) is 0 Å². The average molecular weight is 438 g/mol. The Bertz CT molecular complexity index is 1280. The van der Waals surface area contributed by atoms with Crippen molar-refractivity contribution in [2.24, 2.45) is 0 Å². The molecule has 0 atom stereocenters. The number of para-hydroxylation sites is 1. The summed E-state index contributed by atoms with van der Waals surface area (Å²) in [6.07, 6.45) is 8.68. The number of hydrogen-bond acceptors (Lipinski definition) is 5. The number of carbonyl (C=O) groups is 1. The highest BCUT2D eigenvalue weighted by Crippen LogP contribution is 2.30. The predicted octanol–water partition coefficient (Wildman–Crippen LogP) is 4.04. The number of benzene rings is 2. The van der Waals surface area contributed by atoms with Crippen LogP contribution in [0.3, 0.4) is 0 Å². The molecule has 3 heterocycles. The molecular formula is C26H22N4O3. The molecule has 4 aromatic rings. The van der Waals surface area contributed by atoms with E-state index in [0.717, 1.165) is 33.8 Å². The third-order valence-electron chi connectivity index (χ3n) is 5.19. The molecule has 0 spiro atoms. The minimum Gasteiger partial charge on any atom is -0.486 e. The maximum Gasteiger partial charge on any atom is 0.244 e. The molecule has 0 bridgehead atoms. The second kappa shape index (κ2) is 9.40. The van der Waals surface area contributed by atoms with Gasteiger partial charge in [-0.05, 0) is 48.0 Å². The maximum atomic E-state index is 12.5. The molecule has 164 valence electrons. The Hall–Kier alpha value is -4.39. The number of hydrogen-bond donors (Lipinski definition) is 1. The Balaban J connectivity index is 1.33. The van der Waals surface area contributed by atoms with Gasteiger partial charge in [-0.3, -0.25) is 9.78 Å². The van der Waals surface area contributed by atoms with Gasteiger partial charge in [0.2, 0.25) is 5.91 Å². The van der Waals surface area contributed by atoms with Crippen LogP contribution in [0.25, 0.3) is 23.0 Å². The van der Waals surface area contributed by atoms with Crippen LogP contribution < -0.4 is 14.8 Å². The van der Waals surface area contributed by atoms with Gasteiger partial charge in [0.1, 0.15) is 18.9 Å². The van der Waals surface area contributed by atoms with Crippen molar-refractivity contribution < 1.29 is 14.3 Å². The summed E-state index contributed by atoms with van der Waals surface area (Å²) in [6, 6.07) is 19.3. The fraction of sp³-hybridized carbons (Fsp3) is 0.115. The van der Waals surface area contributed by atoms with Crippen molar-refractivity contribution in [3.05, 3.63) is 96.5 Å². The van der Waals surface area contributed by atoms with Crippen molar-refractivity contribution in [2.45, 2.75) is 6.54 Å². The zero-order valence-electron chi connectivity index (χ0n) is 17.8. The summed E-state index contributed by atoms with van der Waals surface area (Å²) >= 11 is 0. The normalized spacial score (nSPS) is 12.6. The summed E-state index contributed by atoms with van der Waals surface area (Å²) in [5.74, 6) is 1.24. The lowest BCUT2D eigenvalue weighted by molar-refractivity contribution is -0.116. The number of nitrogens with one attached hydrogen (secondary N) is 1. The first-order chi connectivity index (χ1) is 16.3. The Morgan fingerprint density at radius 1 is 1.03 bits per heavy atom. The molecule has 0 saturated carbocycles. The van der Waals surface area contributed by atoms with E-state index in [9.17, 15) is 4.79 Å². The van der Waals surface area contributed by atoms with E-state index in [2.05, 4.69) is 10.3 Å². The van der Waals surface area contributed by atoms with Crippen LogP contribution in [0, 0.1) is 0 Å². The molecule has 0 saturated heterocycles. The topological polar surface area (TPSA) is 78.3 Å². The van der Waals surface area contributed by atoms with Gasteiger partial charge in [-0.2, -0.15) is 5.10 Å². The molecule has 7 heteroatoms. The van der Waals surface area contributed by atoms with Gasteiger partial charge >= 0.3 is 0 Å². The second-order valence-corrected chi connectivity index (χ2v) is 7.48. The molecule has 7 nitrogen and oxygen atoms in total. The first-order valence-corrected chi connectivity index (χ1v) is 10.7. The van der Waals surface area contributed by atoms with Gasteiger partial charge in [-0.25, -0.2) is 4.68 Å². The monoisotopic (exact) mass is 438 g/mol. The molecule has 5 rings (SSSR count). The summed E-state index contributed by atoms with van der Waals surface area (Å²) < 4.78 is 12.9. The second-order valence-electron chi connectivity index (χ2n) is 7.48. The molecule has 1 aliphatic heterocycles. The summed E-state index contributed by atoms with van der Waals surface area (Å²) in [5, 5.41) is 7.64. The minimum absolute atomic E-state index is 0.200. The molecule has 0 unspecified atom stereocenters. The van der Waals surface area contributed by atoms with E-state index in [0.29, 0.717) is 25.5 Å². The Labute approximate surface area is 191 Å². The highest BCUT2D eigenvalue weighted by atomic mass is 16.6. The van der Waals surface area contributed by atoms with E-state index >= 15 is 0 Å². The minimum atomic E-state index is -0.200. The first kappa shape index (κ1) is 20.5. The third kappa shape index (κ3) is 4.77. The van der Waals surface area contributed by atoms with Crippen molar-refractivity contribution >= 4 is 12.0 Å². The van der Waals surface area contributed by atoms with Crippen LogP contribution in [0.5, 0.6) is 11.5 Å². The third-order valence-corrected chi connectivity index (χ3v) is 5.19. The number of aromatic nitrogens is 3. The van der Waals surface area contributed by atoms with Crippen LogP contribution in [0.4, 0.5) is 0 Å². The van der Waals surface area contributed by atoms with Gasteiger partial charge < -0.3 is 14.8 Å². The molecule has 0 aliphatic carbocycles. The van der Waals surface area contributed by atoms with Crippen molar-refractivity contribution in [1.29, 1.82) is 0 Å². The summed E-state index contributed by atoms with van der Waals surface area (Å²) in [6.45, 7) is 1.47. The zero-order chi connectivity index (χ0) is 22.5. The van der Waals surface area contributed by atoms with Crippen LogP contribution in [0.15, 0.2) is 85.3 Å². The smallest absolute Gasteiger partial charge is 0.244 e. The van der Waals surface area contributed by atoms with E-state index in [1.807, 2.05) is 66.9 Å². The Morgan fingerprint density at radius 3 is 2.70 bits per heavy atom. The lowest BCUT2D eigenvalue weighted by Gasteiger charge is -2.18. The first-order valence-electron chi connectivity index (χ1n) is 10.7. The average Bonchev–Trinajstić information content (AvgIpc) is 3.31. The van der Waals surface area contributed by atoms with E-state index in [1.54, 1.807) is 23.2 Å². The number of amides is 1. The van der Waals surface area contributed by atoms with E-state index in [4.69, 9.17) is 14.6 Å². The van der Waals surface area contributed by atoms with Crippen LogP contribution in [0.2, 0.25) is 0 Å². The van der Waals surface area contributed by atoms with Crippen LogP contribution in [0.1, 0.15) is 11.1 Å². The van der Waals surface area contributed by atoms with Crippen LogP contribution in [-0.2, 0) is 11.3 Å². The zero-order valence-corrected chi connectivity index (χ0v) is 17.8. The number of fused-ring (bicyclic) bond motifs is 1. The Kier molecular flexibility index (Phi) is 5.84. The Morgan fingerprint density at radius 2 is 1.88 bits per heavy atom. The quantitative estimate of drug-likeness (QED) is 0.460. The maximum absolute atomic E-state index is 12.5. The van der Waals surface area contributed by atoms with Crippen molar-refractivity contribution in [3.8, 4) is 28.4 Å². The number of carbonyl (C=O) groups excluding carboxylic acids is 1. The summed E-state index contributed by atoms with van der Waals surface area (Å²) in [7, 11) is 0. The molecule has 0 radical (unpaired) electrons. The van der Waals surface area contributed by atoms with Crippen molar-refractivity contribution in [1.82, 2.24) is 20.1 Å². The van der Waals surface area contributed by atoms with Gasteiger partial charge in [0.05, 0.1) is 5.69 Å². The lowest BCUT2D eigenvalue weighted by Crippen LogP contribution is -2.21. The van der Waals surface area contributed by atoms with Gasteiger partial charge in [0, 0.05) is 42.3 Å². The van der Waals surface area contributed by atoms with Gasteiger partial charge in [-0.1, -0.05) is 24.3 Å². The summed E-state index contributed by atoms with van der Waals surface area (Å²) in [5.41, 5.74) is 4.33. The highest BCUT2D eigenvalue weighted by Gasteiger charge is 2.13. The fourth-order valence-electron chi connectivity index (χ4n) is 3.56. The van der Waals surface area contributed by atoms with Crippen molar-refractivity contribution in [2.75, 3.05) is 13.2 Å². The summed E-state index contributed by atoms with van der Waals surface area (Å²) in [4.78, 5) is 16.7. The SMILES string of the molecule is O=C(/C=C/c1cn(-c2ccccc2)nc1-c1cccnc1)NCc1ccc2c(c1)OCCO2. The molecular weight excluding hydrogens is 416 g/mol. The van der Waals surface area contributed by atoms with E-state index in [1.165, 1.54) is 6.08 Å². The lowest BCUT2D eigenvalue weighted by atomic mass is 10.1. The van der Waals surface area contributed by atoms with Gasteiger partial charge in [-0.15, -0.1) is 0 Å². The molecule has 1 aliphatic rings. The van der Waals surface area contributed by atoms with Gasteiger partial charge in [0.25, 0.3) is 0 Å². The largest absolute Gasteiger partial charge is 0.486 e. The standard InChI is InChI=1S/C26H22N4O3/c31-25(28-16-19-8-10-23-24(15-19)33-14-13-32-23)11-9-21-18-30(22-6-2-1-3-7-22)29-26(21)20-5-4-12-27-17-20/h1-12,15,17-18H,13-14,16H2,(H,28,31)/b11-9+. The number of ether oxygens (including phenoxy) is 2. The highest BCUT2D eigenvalue weighted by molar-refractivity contribution is 5.92. The molecule has 33 heavy (non-hydrogen) atoms. The molecule has 1 N–H and O–H groups in total. The van der Waals surface area contributed by atoms with Crippen LogP contribution in [-0.4, -0.2) is 33.9 Å². The number of nitrogens with zero attached hydrogens (tertiary/aromatic N) is 3. The van der Waals surface area contributed by atoms with E-state index in [-0.39, 0.29) is 5.91 Å². The molecule has 2 aromatic carbocycles. The van der Waals surface area contributed by atoms with Gasteiger partial charge in [0.15, 0.2) is 11.5 Å². The van der Waals surface area contributed by atoms with Crippen LogP contribution >= 0.6 is 0 Å². The molecule has 0 fully saturated rings. The molecule has 2 aromatic heterocycles.